The number of phenolic OH excluding ortho intramolecular Hbond substituents is 1. The fourth-order valence-electron chi connectivity index (χ4n) is 1.48. The fourth-order valence-corrected chi connectivity index (χ4v) is 1.48. The van der Waals surface area contributed by atoms with Gasteiger partial charge in [-0.1, -0.05) is 26.3 Å². The van der Waals surface area contributed by atoms with E-state index in [0.29, 0.717) is 17.9 Å². The third kappa shape index (κ3) is 3.15. The number of benzene rings is 1. The third-order valence-electron chi connectivity index (χ3n) is 2.65. The second-order valence-corrected chi connectivity index (χ2v) is 4.07. The normalized spacial score (nSPS) is 13.8. The molecule has 0 aliphatic rings. The minimum absolute atomic E-state index is 0.339. The third-order valence-corrected chi connectivity index (χ3v) is 2.65. The van der Waals surface area contributed by atoms with Crippen LogP contribution >= 0.6 is 0 Å². The molecular formula is C12H15F3O. The van der Waals surface area contributed by atoms with E-state index >= 15 is 0 Å². The van der Waals surface area contributed by atoms with Gasteiger partial charge < -0.3 is 5.11 Å². The maximum atomic E-state index is 12.5. The Bertz CT molecular complexity index is 358. The molecule has 1 atom stereocenters. The molecule has 0 bridgehead atoms. The Morgan fingerprint density at radius 1 is 1.31 bits per heavy atom. The molecule has 0 radical (unpaired) electrons. The van der Waals surface area contributed by atoms with Gasteiger partial charge in [-0.2, -0.15) is 13.2 Å². The van der Waals surface area contributed by atoms with Gasteiger partial charge in [0.25, 0.3) is 0 Å². The summed E-state index contributed by atoms with van der Waals surface area (Å²) in [6.07, 6.45) is -2.97. The van der Waals surface area contributed by atoms with Crippen LogP contribution in [-0.2, 0) is 12.6 Å². The van der Waals surface area contributed by atoms with Crippen molar-refractivity contribution in [2.24, 2.45) is 5.92 Å². The van der Waals surface area contributed by atoms with Gasteiger partial charge in [0.15, 0.2) is 0 Å². The first kappa shape index (κ1) is 12.9. The molecule has 1 rings (SSSR count). The van der Waals surface area contributed by atoms with E-state index in [2.05, 4.69) is 0 Å². The van der Waals surface area contributed by atoms with Gasteiger partial charge in [0.2, 0.25) is 0 Å². The molecule has 0 amide bonds. The van der Waals surface area contributed by atoms with Crippen molar-refractivity contribution in [3.8, 4) is 5.75 Å². The van der Waals surface area contributed by atoms with Crippen LogP contribution in [-0.4, -0.2) is 5.11 Å². The quantitative estimate of drug-likeness (QED) is 0.835. The van der Waals surface area contributed by atoms with E-state index in [0.717, 1.165) is 18.6 Å². The van der Waals surface area contributed by atoms with Crippen molar-refractivity contribution < 1.29 is 18.3 Å². The monoisotopic (exact) mass is 232 g/mol. The molecule has 90 valence electrons. The smallest absolute Gasteiger partial charge is 0.419 e. The second-order valence-electron chi connectivity index (χ2n) is 4.07. The Balaban J connectivity index is 2.99. The Labute approximate surface area is 92.9 Å². The molecule has 0 aliphatic carbocycles. The van der Waals surface area contributed by atoms with Crippen molar-refractivity contribution in [1.82, 2.24) is 0 Å². The Kier molecular flexibility index (Phi) is 3.83. The van der Waals surface area contributed by atoms with Gasteiger partial charge in [-0.3, -0.25) is 0 Å². The molecule has 1 aromatic rings. The lowest BCUT2D eigenvalue weighted by molar-refractivity contribution is -0.138. The van der Waals surface area contributed by atoms with Gasteiger partial charge >= 0.3 is 6.18 Å². The summed E-state index contributed by atoms with van der Waals surface area (Å²) in [7, 11) is 0. The first-order valence-electron chi connectivity index (χ1n) is 5.23. The summed E-state index contributed by atoms with van der Waals surface area (Å²) >= 11 is 0. The number of alkyl halides is 3. The summed E-state index contributed by atoms with van der Waals surface area (Å²) in [4.78, 5) is 0. The van der Waals surface area contributed by atoms with Crippen molar-refractivity contribution in [3.63, 3.8) is 0 Å². The van der Waals surface area contributed by atoms with Gasteiger partial charge in [-0.15, -0.1) is 0 Å². The molecule has 1 N–H and O–H groups in total. The number of rotatable bonds is 3. The lowest BCUT2D eigenvalue weighted by Crippen LogP contribution is -2.07. The highest BCUT2D eigenvalue weighted by Gasteiger charge is 2.33. The van der Waals surface area contributed by atoms with Gasteiger partial charge in [-0.25, -0.2) is 0 Å². The summed E-state index contributed by atoms with van der Waals surface area (Å²) in [5.41, 5.74) is -0.340. The topological polar surface area (TPSA) is 20.2 Å². The molecule has 4 heteroatoms. The summed E-state index contributed by atoms with van der Waals surface area (Å²) < 4.78 is 37.5. The van der Waals surface area contributed by atoms with Crippen LogP contribution in [0.3, 0.4) is 0 Å². The number of phenols is 1. The molecule has 1 nitrogen and oxygen atoms in total. The Hall–Kier alpha value is -1.19. The van der Waals surface area contributed by atoms with Crippen LogP contribution < -0.4 is 0 Å². The van der Waals surface area contributed by atoms with Crippen molar-refractivity contribution in [1.29, 1.82) is 0 Å². The van der Waals surface area contributed by atoms with E-state index in [1.54, 1.807) is 0 Å². The maximum Gasteiger partial charge on any atom is 0.419 e. The van der Waals surface area contributed by atoms with Crippen molar-refractivity contribution in [2.45, 2.75) is 32.9 Å². The van der Waals surface area contributed by atoms with Crippen LogP contribution in [0.5, 0.6) is 5.75 Å². The fraction of sp³-hybridized carbons (Fsp3) is 0.500. The average Bonchev–Trinajstić information content (AvgIpc) is 2.19. The average molecular weight is 232 g/mol. The summed E-state index contributed by atoms with van der Waals surface area (Å²) in [5, 5.41) is 9.14. The minimum atomic E-state index is -4.49. The van der Waals surface area contributed by atoms with E-state index in [9.17, 15) is 13.2 Å². The van der Waals surface area contributed by atoms with Crippen molar-refractivity contribution >= 4 is 0 Å². The molecule has 1 aromatic carbocycles. The van der Waals surface area contributed by atoms with Crippen LogP contribution in [0.15, 0.2) is 18.2 Å². The molecule has 0 aromatic heterocycles. The molecule has 1 unspecified atom stereocenters. The summed E-state index contributed by atoms with van der Waals surface area (Å²) in [6, 6.07) is 3.68. The predicted octanol–water partition coefficient (Wildman–Crippen LogP) is 4.00. The highest BCUT2D eigenvalue weighted by molar-refractivity contribution is 5.38. The zero-order valence-electron chi connectivity index (χ0n) is 9.30. The number of halogens is 3. The molecule has 0 spiro atoms. The van der Waals surface area contributed by atoms with E-state index in [1.807, 2.05) is 13.8 Å². The summed E-state index contributed by atoms with van der Waals surface area (Å²) in [5.74, 6) is -0.369. The van der Waals surface area contributed by atoms with E-state index in [-0.39, 0.29) is 0 Å². The van der Waals surface area contributed by atoms with Crippen LogP contribution in [0.1, 0.15) is 31.4 Å². The van der Waals surface area contributed by atoms with E-state index in [4.69, 9.17) is 5.11 Å². The van der Waals surface area contributed by atoms with Crippen LogP contribution in [0.4, 0.5) is 13.2 Å². The molecular weight excluding hydrogens is 217 g/mol. The van der Waals surface area contributed by atoms with Gasteiger partial charge in [-0.05, 0) is 30.0 Å². The molecule has 0 fully saturated rings. The molecule has 0 saturated heterocycles. The molecule has 0 heterocycles. The highest BCUT2D eigenvalue weighted by Crippen LogP contribution is 2.36. The predicted molar refractivity (Wildman–Crippen MR) is 56.3 cm³/mol. The molecule has 16 heavy (non-hydrogen) atoms. The molecule has 0 aliphatic heterocycles. The number of aromatic hydroxyl groups is 1. The van der Waals surface area contributed by atoms with E-state index < -0.39 is 17.5 Å². The lowest BCUT2D eigenvalue weighted by Gasteiger charge is -2.13. The SMILES string of the molecule is CCC(C)Cc1ccc(O)c(C(F)(F)F)c1. The maximum absolute atomic E-state index is 12.5. The van der Waals surface area contributed by atoms with Gasteiger partial charge in [0.1, 0.15) is 5.75 Å². The second kappa shape index (κ2) is 4.76. The zero-order valence-corrected chi connectivity index (χ0v) is 9.30. The minimum Gasteiger partial charge on any atom is -0.507 e. The highest BCUT2D eigenvalue weighted by atomic mass is 19.4. The van der Waals surface area contributed by atoms with Crippen molar-refractivity contribution in [3.05, 3.63) is 29.3 Å². The number of hydrogen-bond acceptors (Lipinski definition) is 1. The van der Waals surface area contributed by atoms with Crippen LogP contribution in [0.2, 0.25) is 0 Å². The first-order valence-corrected chi connectivity index (χ1v) is 5.23. The van der Waals surface area contributed by atoms with E-state index in [1.165, 1.54) is 6.07 Å². The van der Waals surface area contributed by atoms with Crippen molar-refractivity contribution in [2.75, 3.05) is 0 Å². The number of hydrogen-bond donors (Lipinski definition) is 1. The summed E-state index contributed by atoms with van der Waals surface area (Å²) in [6.45, 7) is 3.98. The first-order chi connectivity index (χ1) is 7.34. The largest absolute Gasteiger partial charge is 0.507 e. The Morgan fingerprint density at radius 2 is 1.94 bits per heavy atom. The lowest BCUT2D eigenvalue weighted by atomic mass is 9.97. The zero-order chi connectivity index (χ0) is 12.3. The van der Waals surface area contributed by atoms with Crippen LogP contribution in [0.25, 0.3) is 0 Å². The van der Waals surface area contributed by atoms with Crippen LogP contribution in [0, 0.1) is 5.92 Å². The molecule has 0 saturated carbocycles. The van der Waals surface area contributed by atoms with Gasteiger partial charge in [0.05, 0.1) is 5.56 Å². The van der Waals surface area contributed by atoms with Gasteiger partial charge in [0, 0.05) is 0 Å². The standard InChI is InChI=1S/C12H15F3O/c1-3-8(2)6-9-4-5-11(16)10(7-9)12(13,14)15/h4-5,7-8,16H,3,6H2,1-2H3. The Morgan fingerprint density at radius 3 is 2.44 bits per heavy atom.